The predicted molar refractivity (Wildman–Crippen MR) is 81.9 cm³/mol. The van der Waals surface area contributed by atoms with Crippen molar-refractivity contribution in [3.8, 4) is 5.69 Å². The third-order valence-electron chi connectivity index (χ3n) is 3.24. The molecular weight excluding hydrogens is 300 g/mol. The van der Waals surface area contributed by atoms with Gasteiger partial charge < -0.3 is 4.52 Å². The standard InChI is InChI=1S/C14H16N6OS/c1-4-11-15-12(21-17-11)8-22-14-16-18-19-20(14)13-9(2)6-5-7-10(13)3/h5-7H,4,8H2,1-3H3. The number of rotatable bonds is 5. The van der Waals surface area contributed by atoms with E-state index in [1.54, 1.807) is 4.68 Å². The molecule has 0 amide bonds. The molecule has 0 spiro atoms. The van der Waals surface area contributed by atoms with E-state index in [9.17, 15) is 0 Å². The van der Waals surface area contributed by atoms with Gasteiger partial charge >= 0.3 is 0 Å². The molecule has 0 unspecified atom stereocenters. The summed E-state index contributed by atoms with van der Waals surface area (Å²) < 4.78 is 6.94. The van der Waals surface area contributed by atoms with Crippen LogP contribution in [0.1, 0.15) is 29.8 Å². The average molecular weight is 316 g/mol. The number of para-hydroxylation sites is 1. The Morgan fingerprint density at radius 1 is 1.23 bits per heavy atom. The summed E-state index contributed by atoms with van der Waals surface area (Å²) in [6.45, 7) is 6.08. The van der Waals surface area contributed by atoms with Crippen LogP contribution < -0.4 is 0 Å². The maximum atomic E-state index is 5.19. The second kappa shape index (κ2) is 6.27. The van der Waals surface area contributed by atoms with Crippen LogP contribution in [0.25, 0.3) is 5.69 Å². The van der Waals surface area contributed by atoms with E-state index in [2.05, 4.69) is 25.7 Å². The van der Waals surface area contributed by atoms with Gasteiger partial charge in [-0.3, -0.25) is 0 Å². The van der Waals surface area contributed by atoms with Gasteiger partial charge in [-0.25, -0.2) is 0 Å². The zero-order chi connectivity index (χ0) is 15.5. The van der Waals surface area contributed by atoms with Gasteiger partial charge in [0.2, 0.25) is 11.0 Å². The summed E-state index contributed by atoms with van der Waals surface area (Å²) in [6, 6.07) is 6.12. The van der Waals surface area contributed by atoms with Crippen molar-refractivity contribution >= 4 is 11.8 Å². The minimum Gasteiger partial charge on any atom is -0.338 e. The second-order valence-electron chi connectivity index (χ2n) is 4.86. The first-order chi connectivity index (χ1) is 10.7. The third kappa shape index (κ3) is 2.87. The Morgan fingerprint density at radius 2 is 2.00 bits per heavy atom. The van der Waals surface area contributed by atoms with Crippen LogP contribution in [0.15, 0.2) is 27.9 Å². The highest BCUT2D eigenvalue weighted by atomic mass is 32.2. The number of hydrogen-bond acceptors (Lipinski definition) is 7. The Morgan fingerprint density at radius 3 is 2.68 bits per heavy atom. The Hall–Kier alpha value is -2.22. The van der Waals surface area contributed by atoms with Crippen LogP contribution in [0.5, 0.6) is 0 Å². The van der Waals surface area contributed by atoms with Crippen LogP contribution in [0.3, 0.4) is 0 Å². The first kappa shape index (κ1) is 14.7. The van der Waals surface area contributed by atoms with Gasteiger partial charge in [-0.2, -0.15) is 9.67 Å². The van der Waals surface area contributed by atoms with E-state index >= 15 is 0 Å². The summed E-state index contributed by atoms with van der Waals surface area (Å²) in [5.41, 5.74) is 3.26. The zero-order valence-electron chi connectivity index (χ0n) is 12.6. The van der Waals surface area contributed by atoms with Crippen molar-refractivity contribution < 1.29 is 4.52 Å². The predicted octanol–water partition coefficient (Wildman–Crippen LogP) is 2.52. The van der Waals surface area contributed by atoms with E-state index in [1.165, 1.54) is 11.8 Å². The number of aromatic nitrogens is 6. The van der Waals surface area contributed by atoms with Crippen molar-refractivity contribution in [1.82, 2.24) is 30.3 Å². The van der Waals surface area contributed by atoms with Gasteiger partial charge in [-0.1, -0.05) is 42.0 Å². The van der Waals surface area contributed by atoms with E-state index in [-0.39, 0.29) is 0 Å². The van der Waals surface area contributed by atoms with Crippen LogP contribution in [0, 0.1) is 13.8 Å². The topological polar surface area (TPSA) is 82.5 Å². The molecule has 0 saturated heterocycles. The van der Waals surface area contributed by atoms with Gasteiger partial charge in [-0.15, -0.1) is 5.10 Å². The van der Waals surface area contributed by atoms with Crippen molar-refractivity contribution in [3.05, 3.63) is 41.0 Å². The first-order valence-electron chi connectivity index (χ1n) is 6.98. The van der Waals surface area contributed by atoms with E-state index in [1.807, 2.05) is 39.0 Å². The normalized spacial score (nSPS) is 11.0. The molecule has 7 nitrogen and oxygen atoms in total. The summed E-state index contributed by atoms with van der Waals surface area (Å²) in [5, 5.41) is 16.6. The van der Waals surface area contributed by atoms with Crippen molar-refractivity contribution in [2.75, 3.05) is 0 Å². The lowest BCUT2D eigenvalue weighted by atomic mass is 10.1. The van der Waals surface area contributed by atoms with Crippen molar-refractivity contribution in [2.45, 2.75) is 38.1 Å². The Balaban J connectivity index is 1.83. The summed E-state index contributed by atoms with van der Waals surface area (Å²) in [6.07, 6.45) is 0.758. The molecule has 3 aromatic rings. The molecule has 3 rings (SSSR count). The smallest absolute Gasteiger partial charge is 0.237 e. The molecule has 114 valence electrons. The van der Waals surface area contributed by atoms with Crippen molar-refractivity contribution in [2.24, 2.45) is 0 Å². The number of benzene rings is 1. The molecule has 0 aliphatic heterocycles. The SMILES string of the molecule is CCc1noc(CSc2nnnn2-c2c(C)cccc2C)n1. The largest absolute Gasteiger partial charge is 0.338 e. The fourth-order valence-corrected chi connectivity index (χ4v) is 2.88. The summed E-state index contributed by atoms with van der Waals surface area (Å²) >= 11 is 1.47. The second-order valence-corrected chi connectivity index (χ2v) is 5.80. The summed E-state index contributed by atoms with van der Waals surface area (Å²) in [4.78, 5) is 4.29. The van der Waals surface area contributed by atoms with E-state index in [4.69, 9.17) is 4.52 Å². The quantitative estimate of drug-likeness (QED) is 0.669. The molecule has 8 heteroatoms. The van der Waals surface area contributed by atoms with Crippen LogP contribution in [-0.4, -0.2) is 30.3 Å². The van der Waals surface area contributed by atoms with Crippen LogP contribution in [0.4, 0.5) is 0 Å². The van der Waals surface area contributed by atoms with E-state index in [0.717, 1.165) is 23.2 Å². The maximum Gasteiger partial charge on any atom is 0.237 e. The lowest BCUT2D eigenvalue weighted by molar-refractivity contribution is 0.385. The zero-order valence-corrected chi connectivity index (χ0v) is 13.5. The average Bonchev–Trinajstić information content (AvgIpc) is 3.14. The highest BCUT2D eigenvalue weighted by Gasteiger charge is 2.14. The fraction of sp³-hybridized carbons (Fsp3) is 0.357. The molecule has 0 fully saturated rings. The number of hydrogen-bond donors (Lipinski definition) is 0. The molecule has 0 aliphatic rings. The molecule has 0 atom stereocenters. The molecule has 22 heavy (non-hydrogen) atoms. The van der Waals surface area contributed by atoms with E-state index in [0.29, 0.717) is 22.6 Å². The van der Waals surface area contributed by atoms with Gasteiger partial charge in [0.15, 0.2) is 5.82 Å². The molecule has 2 aromatic heterocycles. The fourth-order valence-electron chi connectivity index (χ4n) is 2.17. The van der Waals surface area contributed by atoms with Crippen molar-refractivity contribution in [3.63, 3.8) is 0 Å². The Labute approximate surface area is 132 Å². The molecule has 0 saturated carbocycles. The lowest BCUT2D eigenvalue weighted by Gasteiger charge is -2.09. The van der Waals surface area contributed by atoms with E-state index < -0.39 is 0 Å². The van der Waals surface area contributed by atoms with Crippen LogP contribution in [-0.2, 0) is 12.2 Å². The number of nitrogens with zero attached hydrogens (tertiary/aromatic N) is 6. The van der Waals surface area contributed by atoms with Gasteiger partial charge in [-0.05, 0) is 35.4 Å². The van der Waals surface area contributed by atoms with Gasteiger partial charge in [0.1, 0.15) is 0 Å². The number of tetrazole rings is 1. The molecule has 1 aromatic carbocycles. The monoisotopic (exact) mass is 316 g/mol. The highest BCUT2D eigenvalue weighted by Crippen LogP contribution is 2.25. The highest BCUT2D eigenvalue weighted by molar-refractivity contribution is 7.98. The molecule has 0 N–H and O–H groups in total. The molecule has 0 aliphatic carbocycles. The summed E-state index contributed by atoms with van der Waals surface area (Å²) in [7, 11) is 0. The van der Waals surface area contributed by atoms with Crippen molar-refractivity contribution in [1.29, 1.82) is 0 Å². The minimum absolute atomic E-state index is 0.540. The van der Waals surface area contributed by atoms with Gasteiger partial charge in [0, 0.05) is 6.42 Å². The summed E-state index contributed by atoms with van der Waals surface area (Å²) in [5.74, 6) is 1.83. The minimum atomic E-state index is 0.540. The van der Waals surface area contributed by atoms with Gasteiger partial charge in [0.25, 0.3) is 0 Å². The lowest BCUT2D eigenvalue weighted by Crippen LogP contribution is -2.04. The number of aryl methyl sites for hydroxylation is 3. The Bertz CT molecular complexity index is 761. The first-order valence-corrected chi connectivity index (χ1v) is 7.96. The molecule has 0 radical (unpaired) electrons. The van der Waals surface area contributed by atoms with Crippen LogP contribution >= 0.6 is 11.8 Å². The Kier molecular flexibility index (Phi) is 4.19. The molecular formula is C14H16N6OS. The van der Waals surface area contributed by atoms with Crippen LogP contribution in [0.2, 0.25) is 0 Å². The van der Waals surface area contributed by atoms with Gasteiger partial charge in [0.05, 0.1) is 11.4 Å². The molecule has 2 heterocycles. The molecule has 0 bridgehead atoms. The third-order valence-corrected chi connectivity index (χ3v) is 4.15. The number of thioether (sulfide) groups is 1. The maximum absolute atomic E-state index is 5.19.